The van der Waals surface area contributed by atoms with Crippen molar-refractivity contribution in [2.75, 3.05) is 12.8 Å². The van der Waals surface area contributed by atoms with Crippen molar-refractivity contribution in [3.05, 3.63) is 71.3 Å². The third kappa shape index (κ3) is 11.1. The molecule has 0 bridgehead atoms. The Morgan fingerprint density at radius 1 is 0.829 bits per heavy atom. The lowest BCUT2D eigenvalue weighted by Crippen LogP contribution is -2.54. The predicted molar refractivity (Wildman–Crippen MR) is 162 cm³/mol. The molecule has 224 valence electrons. The fourth-order valence-corrected chi connectivity index (χ4v) is 4.22. The Morgan fingerprint density at radius 2 is 1.39 bits per heavy atom. The summed E-state index contributed by atoms with van der Waals surface area (Å²) in [7, 11) is 1.47. The maximum absolute atomic E-state index is 13.9. The number of nitrogens with zero attached hydrogens (tertiary/aromatic N) is 1. The maximum atomic E-state index is 13.9. The molecule has 9 nitrogen and oxygen atoms in total. The van der Waals surface area contributed by atoms with Gasteiger partial charge in [-0.25, -0.2) is 9.59 Å². The van der Waals surface area contributed by atoms with Gasteiger partial charge in [0, 0.05) is 19.2 Å². The number of carbonyl (C=O) groups excluding carboxylic acids is 4. The highest BCUT2D eigenvalue weighted by molar-refractivity contribution is 7.80. The van der Waals surface area contributed by atoms with E-state index in [1.165, 1.54) is 11.9 Å². The highest BCUT2D eigenvalue weighted by Gasteiger charge is 2.36. The van der Waals surface area contributed by atoms with Crippen LogP contribution in [0.4, 0.5) is 4.79 Å². The first-order valence-electron chi connectivity index (χ1n) is 13.5. The molecule has 41 heavy (non-hydrogen) atoms. The van der Waals surface area contributed by atoms with Crippen LogP contribution in [0.2, 0.25) is 0 Å². The van der Waals surface area contributed by atoms with E-state index >= 15 is 0 Å². The van der Waals surface area contributed by atoms with Crippen LogP contribution in [0.1, 0.15) is 64.3 Å². The molecular formula is C31H43N3O6S. The molecular weight excluding hydrogens is 542 g/mol. The van der Waals surface area contributed by atoms with E-state index in [0.29, 0.717) is 5.56 Å². The molecule has 0 saturated carbocycles. The van der Waals surface area contributed by atoms with Crippen LogP contribution in [-0.4, -0.2) is 64.9 Å². The molecule has 0 saturated heterocycles. The molecule has 0 aliphatic carbocycles. The molecule has 0 aliphatic heterocycles. The van der Waals surface area contributed by atoms with E-state index in [2.05, 4.69) is 23.3 Å². The van der Waals surface area contributed by atoms with Gasteiger partial charge in [-0.05, 0) is 59.6 Å². The lowest BCUT2D eigenvalue weighted by Gasteiger charge is -2.32. The van der Waals surface area contributed by atoms with Crippen molar-refractivity contribution in [2.45, 2.75) is 84.2 Å². The Kier molecular flexibility index (Phi) is 11.8. The lowest BCUT2D eigenvalue weighted by atomic mass is 10.0. The standard InChI is InChI=1S/C31H43N3O6S/c1-20-14-16-22(17-15-20)25(34(8)27(36)24(19-41)33-29(38)40-31(5,6)7)26(35)32-23(28(37)39-30(2,3)4)18-21-12-10-9-11-13-21/h9-17,23-25,41H,18-19H2,1-8H3,(H,32,35)(H,33,38). The number of nitrogens with one attached hydrogen (secondary N) is 2. The molecule has 0 fully saturated rings. The summed E-state index contributed by atoms with van der Waals surface area (Å²) in [6.45, 7) is 12.3. The van der Waals surface area contributed by atoms with Crippen molar-refractivity contribution in [2.24, 2.45) is 0 Å². The van der Waals surface area contributed by atoms with Gasteiger partial charge in [0.1, 0.15) is 29.3 Å². The molecule has 0 aliphatic rings. The average molecular weight is 586 g/mol. The molecule has 0 spiro atoms. The Bertz CT molecular complexity index is 1190. The highest BCUT2D eigenvalue weighted by Crippen LogP contribution is 2.23. The third-order valence-electron chi connectivity index (χ3n) is 5.84. The SMILES string of the molecule is Cc1ccc(C(C(=O)NC(Cc2ccccc2)C(=O)OC(C)(C)C)N(C)C(=O)C(CS)NC(=O)OC(C)(C)C)cc1. The first kappa shape index (κ1) is 33.7. The predicted octanol–water partition coefficient (Wildman–Crippen LogP) is 4.39. The molecule has 3 atom stereocenters. The van der Waals surface area contributed by atoms with Gasteiger partial charge in [0.25, 0.3) is 0 Å². The summed E-state index contributed by atoms with van der Waals surface area (Å²) in [4.78, 5) is 54.4. The van der Waals surface area contributed by atoms with Crippen molar-refractivity contribution < 1.29 is 28.7 Å². The minimum Gasteiger partial charge on any atom is -0.458 e. The summed E-state index contributed by atoms with van der Waals surface area (Å²) in [6.07, 6.45) is -0.582. The number of carbonyl (C=O) groups is 4. The summed E-state index contributed by atoms with van der Waals surface area (Å²) in [5.74, 6) is -1.75. The van der Waals surface area contributed by atoms with E-state index in [4.69, 9.17) is 9.47 Å². The van der Waals surface area contributed by atoms with E-state index < -0.39 is 53.2 Å². The Morgan fingerprint density at radius 3 is 1.90 bits per heavy atom. The molecule has 2 N–H and O–H groups in total. The van der Waals surface area contributed by atoms with Gasteiger partial charge in [0.2, 0.25) is 11.8 Å². The van der Waals surface area contributed by atoms with Gasteiger partial charge in [0.15, 0.2) is 0 Å². The Balaban J connectivity index is 2.40. The number of alkyl carbamates (subject to hydrolysis) is 1. The van der Waals surface area contributed by atoms with Gasteiger partial charge >= 0.3 is 12.1 Å². The van der Waals surface area contributed by atoms with Gasteiger partial charge in [0.05, 0.1) is 0 Å². The van der Waals surface area contributed by atoms with Crippen LogP contribution in [0.3, 0.4) is 0 Å². The van der Waals surface area contributed by atoms with Crippen molar-refractivity contribution in [1.29, 1.82) is 0 Å². The van der Waals surface area contributed by atoms with Crippen LogP contribution in [0.25, 0.3) is 0 Å². The Hall–Kier alpha value is -3.53. The normalized spacial score (nSPS) is 13.8. The quantitative estimate of drug-likeness (QED) is 0.282. The number of hydrogen-bond donors (Lipinski definition) is 3. The number of aryl methyl sites for hydroxylation is 1. The van der Waals surface area contributed by atoms with Gasteiger partial charge in [-0.1, -0.05) is 60.2 Å². The van der Waals surface area contributed by atoms with E-state index in [1.807, 2.05) is 49.4 Å². The van der Waals surface area contributed by atoms with Gasteiger partial charge < -0.3 is 25.0 Å². The number of benzene rings is 2. The molecule has 0 aromatic heterocycles. The zero-order valence-electron chi connectivity index (χ0n) is 25.2. The lowest BCUT2D eigenvalue weighted by molar-refractivity contribution is -0.159. The van der Waals surface area contributed by atoms with Gasteiger partial charge in [-0.15, -0.1) is 0 Å². The number of amides is 3. The topological polar surface area (TPSA) is 114 Å². The van der Waals surface area contributed by atoms with Crippen LogP contribution >= 0.6 is 12.6 Å². The van der Waals surface area contributed by atoms with Gasteiger partial charge in [-0.2, -0.15) is 12.6 Å². The number of esters is 1. The fourth-order valence-electron chi connectivity index (χ4n) is 3.97. The summed E-state index contributed by atoms with van der Waals surface area (Å²) < 4.78 is 10.9. The second-order valence-corrected chi connectivity index (χ2v) is 12.3. The second kappa shape index (κ2) is 14.4. The van der Waals surface area contributed by atoms with Crippen LogP contribution in [0, 0.1) is 6.92 Å². The van der Waals surface area contributed by atoms with Crippen LogP contribution in [0.5, 0.6) is 0 Å². The van der Waals surface area contributed by atoms with Crippen molar-refractivity contribution in [3.63, 3.8) is 0 Å². The second-order valence-electron chi connectivity index (χ2n) is 11.9. The largest absolute Gasteiger partial charge is 0.458 e. The zero-order chi connectivity index (χ0) is 31.0. The smallest absolute Gasteiger partial charge is 0.408 e. The summed E-state index contributed by atoms with van der Waals surface area (Å²) in [6, 6.07) is 13.2. The number of thiol groups is 1. The highest BCUT2D eigenvalue weighted by atomic mass is 32.1. The molecule has 2 aromatic carbocycles. The number of ether oxygens (including phenoxy) is 2. The van der Waals surface area contributed by atoms with Crippen LogP contribution in [-0.2, 0) is 30.3 Å². The third-order valence-corrected chi connectivity index (χ3v) is 6.20. The molecule has 3 unspecified atom stereocenters. The number of hydrogen-bond acceptors (Lipinski definition) is 7. The first-order chi connectivity index (χ1) is 19.0. The zero-order valence-corrected chi connectivity index (χ0v) is 26.1. The monoisotopic (exact) mass is 585 g/mol. The summed E-state index contributed by atoms with van der Waals surface area (Å²) >= 11 is 4.25. The minimum absolute atomic E-state index is 0.0286. The van der Waals surface area contributed by atoms with E-state index in [1.54, 1.807) is 53.7 Å². The number of rotatable bonds is 10. The van der Waals surface area contributed by atoms with Gasteiger partial charge in [-0.3, -0.25) is 9.59 Å². The van der Waals surface area contributed by atoms with E-state index in [0.717, 1.165) is 11.1 Å². The average Bonchev–Trinajstić information content (AvgIpc) is 2.86. The van der Waals surface area contributed by atoms with E-state index in [9.17, 15) is 19.2 Å². The molecule has 2 rings (SSSR count). The maximum Gasteiger partial charge on any atom is 0.408 e. The van der Waals surface area contributed by atoms with Crippen molar-refractivity contribution in [1.82, 2.24) is 15.5 Å². The van der Waals surface area contributed by atoms with Crippen LogP contribution < -0.4 is 10.6 Å². The van der Waals surface area contributed by atoms with E-state index in [-0.39, 0.29) is 12.2 Å². The Labute approximate surface area is 248 Å². The molecule has 0 radical (unpaired) electrons. The van der Waals surface area contributed by atoms with Crippen LogP contribution in [0.15, 0.2) is 54.6 Å². The molecule has 2 aromatic rings. The summed E-state index contributed by atoms with van der Waals surface area (Å²) in [5.41, 5.74) is 0.795. The first-order valence-corrected chi connectivity index (χ1v) is 14.1. The summed E-state index contributed by atoms with van der Waals surface area (Å²) in [5, 5.41) is 5.37. The molecule has 0 heterocycles. The van der Waals surface area contributed by atoms with Crippen molar-refractivity contribution in [3.8, 4) is 0 Å². The fraction of sp³-hybridized carbons (Fsp3) is 0.484. The number of likely N-dealkylation sites (N-methyl/N-ethyl adjacent to an activating group) is 1. The molecule has 10 heteroatoms. The van der Waals surface area contributed by atoms with Crippen molar-refractivity contribution >= 4 is 36.5 Å². The molecule has 3 amide bonds. The minimum atomic E-state index is -1.12.